The molecule has 0 saturated heterocycles. The molecule has 4 N–H and O–H groups in total. The molecule has 1 heterocycles. The SMILES string of the molecule is C/C(=N\NC(=O)c1ccc(N)cc1)c1c(C)[nH]n(-c2ccc(C(C)(C)C)cc2)c1=O. The first kappa shape index (κ1) is 21.1. The number of hydrogen-bond acceptors (Lipinski definition) is 4. The number of H-pyrrole nitrogens is 1. The first-order valence-corrected chi connectivity index (χ1v) is 9.71. The van der Waals surface area contributed by atoms with Crippen LogP contribution < -0.4 is 16.7 Å². The fraction of sp³-hybridized carbons (Fsp3) is 0.261. The molecule has 2 aromatic carbocycles. The zero-order chi connectivity index (χ0) is 22.1. The number of hydrogen-bond donors (Lipinski definition) is 3. The van der Waals surface area contributed by atoms with Crippen molar-refractivity contribution in [1.29, 1.82) is 0 Å². The van der Waals surface area contributed by atoms with Gasteiger partial charge in [0.2, 0.25) is 0 Å². The molecule has 0 fully saturated rings. The Morgan fingerprint density at radius 2 is 1.67 bits per heavy atom. The zero-order valence-corrected chi connectivity index (χ0v) is 17.9. The third-order valence-corrected chi connectivity index (χ3v) is 4.92. The van der Waals surface area contributed by atoms with Gasteiger partial charge in [0, 0.05) is 16.9 Å². The van der Waals surface area contributed by atoms with Crippen LogP contribution in [0.5, 0.6) is 0 Å². The number of aryl methyl sites for hydroxylation is 1. The molecule has 0 unspecified atom stereocenters. The number of nitrogens with two attached hydrogens (primary N) is 1. The van der Waals surface area contributed by atoms with Gasteiger partial charge in [-0.2, -0.15) is 5.10 Å². The number of benzene rings is 2. The number of carbonyl (C=O) groups excluding carboxylic acids is 1. The summed E-state index contributed by atoms with van der Waals surface area (Å²) in [7, 11) is 0. The lowest BCUT2D eigenvalue weighted by molar-refractivity contribution is 0.0955. The molecule has 7 heteroatoms. The van der Waals surface area contributed by atoms with E-state index in [9.17, 15) is 9.59 Å². The van der Waals surface area contributed by atoms with E-state index < -0.39 is 0 Å². The Labute approximate surface area is 175 Å². The van der Waals surface area contributed by atoms with Gasteiger partial charge in [0.15, 0.2) is 0 Å². The number of anilines is 1. The largest absolute Gasteiger partial charge is 0.399 e. The minimum Gasteiger partial charge on any atom is -0.399 e. The molecule has 0 bridgehead atoms. The highest BCUT2D eigenvalue weighted by molar-refractivity contribution is 6.01. The Morgan fingerprint density at radius 3 is 2.23 bits per heavy atom. The Hall–Kier alpha value is -3.61. The molecular formula is C23H27N5O2. The minimum absolute atomic E-state index is 0.0340. The van der Waals surface area contributed by atoms with Gasteiger partial charge >= 0.3 is 0 Å². The monoisotopic (exact) mass is 405 g/mol. The summed E-state index contributed by atoms with van der Waals surface area (Å²) < 4.78 is 1.48. The molecule has 0 saturated carbocycles. The average Bonchev–Trinajstić information content (AvgIpc) is 3.00. The number of hydrazone groups is 1. The summed E-state index contributed by atoms with van der Waals surface area (Å²) >= 11 is 0. The van der Waals surface area contributed by atoms with Crippen molar-refractivity contribution in [1.82, 2.24) is 15.2 Å². The van der Waals surface area contributed by atoms with Gasteiger partial charge in [0.05, 0.1) is 17.0 Å². The second-order valence-electron chi connectivity index (χ2n) is 8.31. The van der Waals surface area contributed by atoms with Crippen LogP contribution in [-0.4, -0.2) is 21.4 Å². The number of nitrogen functional groups attached to an aromatic ring is 1. The Balaban J connectivity index is 1.85. The van der Waals surface area contributed by atoms with Gasteiger partial charge in [-0.1, -0.05) is 32.9 Å². The lowest BCUT2D eigenvalue weighted by Crippen LogP contribution is -2.23. The first-order valence-electron chi connectivity index (χ1n) is 9.71. The van der Waals surface area contributed by atoms with Gasteiger partial charge in [0.25, 0.3) is 11.5 Å². The van der Waals surface area contributed by atoms with Gasteiger partial charge in [-0.25, -0.2) is 10.1 Å². The van der Waals surface area contributed by atoms with Crippen molar-refractivity contribution in [2.24, 2.45) is 5.10 Å². The van der Waals surface area contributed by atoms with Gasteiger partial charge < -0.3 is 5.73 Å². The van der Waals surface area contributed by atoms with E-state index in [-0.39, 0.29) is 16.9 Å². The summed E-state index contributed by atoms with van der Waals surface area (Å²) in [6, 6.07) is 14.4. The third kappa shape index (κ3) is 4.35. The number of aromatic amines is 1. The van der Waals surface area contributed by atoms with Crippen molar-refractivity contribution in [2.75, 3.05) is 5.73 Å². The van der Waals surface area contributed by atoms with Crippen LogP contribution in [0.25, 0.3) is 5.69 Å². The van der Waals surface area contributed by atoms with Crippen LogP contribution >= 0.6 is 0 Å². The van der Waals surface area contributed by atoms with Crippen LogP contribution in [0.2, 0.25) is 0 Å². The number of rotatable bonds is 4. The number of amides is 1. The number of nitrogens with zero attached hydrogens (tertiary/aromatic N) is 2. The molecule has 3 aromatic rings. The van der Waals surface area contributed by atoms with E-state index in [1.54, 1.807) is 38.1 Å². The van der Waals surface area contributed by atoms with Crippen LogP contribution in [0.15, 0.2) is 58.4 Å². The molecule has 7 nitrogen and oxygen atoms in total. The second-order valence-corrected chi connectivity index (χ2v) is 8.31. The summed E-state index contributed by atoms with van der Waals surface area (Å²) in [4.78, 5) is 25.2. The van der Waals surface area contributed by atoms with E-state index >= 15 is 0 Å². The molecule has 0 aliphatic rings. The van der Waals surface area contributed by atoms with Crippen molar-refractivity contribution in [3.8, 4) is 5.69 Å². The lowest BCUT2D eigenvalue weighted by atomic mass is 9.87. The summed E-state index contributed by atoms with van der Waals surface area (Å²) in [5.74, 6) is -0.374. The summed E-state index contributed by atoms with van der Waals surface area (Å²) in [6.45, 7) is 9.92. The summed E-state index contributed by atoms with van der Waals surface area (Å²) in [5, 5.41) is 7.21. The number of aromatic nitrogens is 2. The standard InChI is InChI=1S/C23H27N5O2/c1-14(25-26-21(29)16-6-10-18(24)11-7-16)20-15(2)27-28(22(20)30)19-12-8-17(9-13-19)23(3,4)5/h6-13,27H,24H2,1-5H3,(H,26,29)/b25-14+. The molecule has 1 aromatic heterocycles. The third-order valence-electron chi connectivity index (χ3n) is 4.92. The van der Waals surface area contributed by atoms with Crippen molar-refractivity contribution < 1.29 is 4.79 Å². The fourth-order valence-corrected chi connectivity index (χ4v) is 3.15. The molecule has 30 heavy (non-hydrogen) atoms. The molecule has 0 atom stereocenters. The van der Waals surface area contributed by atoms with Gasteiger partial charge in [-0.3, -0.25) is 14.7 Å². The zero-order valence-electron chi connectivity index (χ0n) is 17.9. The molecule has 3 rings (SSSR count). The average molecular weight is 406 g/mol. The van der Waals surface area contributed by atoms with Crippen molar-refractivity contribution in [2.45, 2.75) is 40.0 Å². The Kier molecular flexibility index (Phi) is 5.64. The van der Waals surface area contributed by atoms with E-state index in [0.29, 0.717) is 28.2 Å². The maximum atomic E-state index is 13.0. The van der Waals surface area contributed by atoms with E-state index in [4.69, 9.17) is 5.73 Å². The highest BCUT2D eigenvalue weighted by Gasteiger charge is 2.17. The number of carbonyl (C=O) groups is 1. The maximum Gasteiger partial charge on any atom is 0.280 e. The molecule has 1 amide bonds. The van der Waals surface area contributed by atoms with E-state index in [2.05, 4.69) is 36.4 Å². The van der Waals surface area contributed by atoms with Crippen LogP contribution in [0, 0.1) is 6.92 Å². The smallest absolute Gasteiger partial charge is 0.280 e. The van der Waals surface area contributed by atoms with Crippen LogP contribution in [0.3, 0.4) is 0 Å². The quantitative estimate of drug-likeness (QED) is 0.351. The van der Waals surface area contributed by atoms with E-state index in [1.807, 2.05) is 24.3 Å². The second kappa shape index (κ2) is 8.02. The van der Waals surface area contributed by atoms with Crippen LogP contribution in [0.4, 0.5) is 5.69 Å². The molecule has 0 radical (unpaired) electrons. The van der Waals surface area contributed by atoms with Crippen LogP contribution in [0.1, 0.15) is 54.9 Å². The van der Waals surface area contributed by atoms with Crippen molar-refractivity contribution >= 4 is 17.3 Å². The van der Waals surface area contributed by atoms with E-state index in [0.717, 1.165) is 5.69 Å². The number of nitrogens with one attached hydrogen (secondary N) is 2. The molecule has 0 spiro atoms. The Bertz CT molecular complexity index is 1140. The van der Waals surface area contributed by atoms with E-state index in [1.165, 1.54) is 10.2 Å². The predicted octanol–water partition coefficient (Wildman–Crippen LogP) is 3.51. The predicted molar refractivity (Wildman–Crippen MR) is 120 cm³/mol. The highest BCUT2D eigenvalue weighted by Crippen LogP contribution is 2.23. The molecular weight excluding hydrogens is 378 g/mol. The maximum absolute atomic E-state index is 13.0. The lowest BCUT2D eigenvalue weighted by Gasteiger charge is -2.19. The summed E-state index contributed by atoms with van der Waals surface area (Å²) in [6.07, 6.45) is 0. The molecule has 0 aliphatic carbocycles. The van der Waals surface area contributed by atoms with Gasteiger partial charge in [-0.15, -0.1) is 0 Å². The molecule has 156 valence electrons. The van der Waals surface area contributed by atoms with Gasteiger partial charge in [0.1, 0.15) is 0 Å². The van der Waals surface area contributed by atoms with Crippen molar-refractivity contribution in [3.05, 3.63) is 81.3 Å². The molecule has 0 aliphatic heterocycles. The highest BCUT2D eigenvalue weighted by atomic mass is 16.2. The topological polar surface area (TPSA) is 105 Å². The summed E-state index contributed by atoms with van der Waals surface area (Å²) in [5.41, 5.74) is 12.4. The minimum atomic E-state index is -0.374. The normalized spacial score (nSPS) is 12.1. The van der Waals surface area contributed by atoms with Crippen molar-refractivity contribution in [3.63, 3.8) is 0 Å². The fourth-order valence-electron chi connectivity index (χ4n) is 3.15. The van der Waals surface area contributed by atoms with Crippen LogP contribution in [-0.2, 0) is 5.41 Å². The first-order chi connectivity index (χ1) is 14.1. The Morgan fingerprint density at radius 1 is 1.07 bits per heavy atom. The van der Waals surface area contributed by atoms with Gasteiger partial charge in [-0.05, 0) is 61.2 Å².